The van der Waals surface area contributed by atoms with Crippen molar-refractivity contribution in [2.75, 3.05) is 11.4 Å². The standard InChI is InChI=1S/C35H27ClN8O/c1-23-10-8-13-25(22-23)30(24-11-4-2-5-12-24)37-35-38-32(29-16-9-19-42(29)40-35)41-20-18-28(41)33-39-43-21-17-27(36)31(43)34(45)44(33)26-14-6-3-7-15-26/h2-17,19,21-22,28H,18,20H2,1H3. The van der Waals surface area contributed by atoms with Gasteiger partial charge in [0.2, 0.25) is 0 Å². The maximum absolute atomic E-state index is 13.9. The molecule has 3 aromatic carbocycles. The van der Waals surface area contributed by atoms with Crippen molar-refractivity contribution in [3.63, 3.8) is 0 Å². The van der Waals surface area contributed by atoms with Gasteiger partial charge in [-0.25, -0.2) is 14.0 Å². The number of nitrogens with zero attached hydrogens (tertiary/aromatic N) is 8. The number of para-hydroxylation sites is 1. The highest BCUT2D eigenvalue weighted by Crippen LogP contribution is 2.39. The summed E-state index contributed by atoms with van der Waals surface area (Å²) < 4.78 is 5.05. The van der Waals surface area contributed by atoms with E-state index in [9.17, 15) is 4.79 Å². The van der Waals surface area contributed by atoms with Gasteiger partial charge in [-0.1, -0.05) is 83.9 Å². The van der Waals surface area contributed by atoms with Crippen LogP contribution in [0.4, 0.5) is 11.8 Å². The average Bonchev–Trinajstić information content (AvgIpc) is 3.67. The van der Waals surface area contributed by atoms with Crippen LogP contribution in [0.3, 0.4) is 0 Å². The first-order valence-corrected chi connectivity index (χ1v) is 15.1. The SMILES string of the molecule is Cc1cccc(C(=Nc2nc(N3CCC3c3nn4ccc(Cl)c4c(=O)n3-c3ccccc3)c3cccn3n2)c2ccccc2)c1. The normalized spacial score (nSPS) is 15.1. The number of fused-ring (bicyclic) bond motifs is 2. The predicted octanol–water partition coefficient (Wildman–Crippen LogP) is 6.61. The van der Waals surface area contributed by atoms with E-state index in [-0.39, 0.29) is 11.6 Å². The number of aryl methyl sites for hydroxylation is 1. The largest absolute Gasteiger partial charge is 0.344 e. The van der Waals surface area contributed by atoms with Crippen molar-refractivity contribution in [1.29, 1.82) is 0 Å². The molecule has 0 radical (unpaired) electrons. The summed E-state index contributed by atoms with van der Waals surface area (Å²) in [6.45, 7) is 2.79. The van der Waals surface area contributed by atoms with Crippen LogP contribution >= 0.6 is 11.6 Å². The minimum atomic E-state index is -0.223. The summed E-state index contributed by atoms with van der Waals surface area (Å²) in [5.74, 6) is 1.66. The summed E-state index contributed by atoms with van der Waals surface area (Å²) in [5, 5.41) is 10.1. The Labute approximate surface area is 263 Å². The van der Waals surface area contributed by atoms with Gasteiger partial charge < -0.3 is 4.90 Å². The smallest absolute Gasteiger partial charge is 0.284 e. The average molecular weight is 611 g/mol. The monoisotopic (exact) mass is 610 g/mol. The van der Waals surface area contributed by atoms with E-state index in [1.54, 1.807) is 21.3 Å². The lowest BCUT2D eigenvalue weighted by Gasteiger charge is -2.42. The fourth-order valence-electron chi connectivity index (χ4n) is 5.95. The van der Waals surface area contributed by atoms with Crippen LogP contribution in [0.5, 0.6) is 0 Å². The molecule has 1 unspecified atom stereocenters. The Kier molecular flexibility index (Phi) is 6.53. The summed E-state index contributed by atoms with van der Waals surface area (Å²) >= 11 is 6.43. The van der Waals surface area contributed by atoms with Crippen LogP contribution in [0.1, 0.15) is 35.0 Å². The van der Waals surface area contributed by atoms with E-state index in [1.165, 1.54) is 0 Å². The highest BCUT2D eigenvalue weighted by molar-refractivity contribution is 6.33. The number of aromatic nitrogens is 6. The summed E-state index contributed by atoms with van der Waals surface area (Å²) in [4.78, 5) is 26.2. The lowest BCUT2D eigenvalue weighted by atomic mass is 10.0. The lowest BCUT2D eigenvalue weighted by molar-refractivity contribution is 0.423. The molecule has 1 saturated heterocycles. The van der Waals surface area contributed by atoms with Gasteiger partial charge in [-0.05, 0) is 49.7 Å². The maximum atomic E-state index is 13.9. The molecule has 1 atom stereocenters. The van der Waals surface area contributed by atoms with Crippen molar-refractivity contribution in [1.82, 2.24) is 28.8 Å². The molecule has 0 bridgehead atoms. The molecule has 0 N–H and O–H groups in total. The second-order valence-electron chi connectivity index (χ2n) is 11.1. The van der Waals surface area contributed by atoms with E-state index >= 15 is 0 Å². The number of anilines is 1. The topological polar surface area (TPSA) is 85.1 Å². The van der Waals surface area contributed by atoms with Crippen molar-refractivity contribution >= 4 is 40.1 Å². The van der Waals surface area contributed by atoms with E-state index in [0.717, 1.165) is 52.4 Å². The molecule has 7 aromatic rings. The molecule has 1 fully saturated rings. The van der Waals surface area contributed by atoms with Crippen molar-refractivity contribution in [2.45, 2.75) is 19.4 Å². The summed E-state index contributed by atoms with van der Waals surface area (Å²) in [6, 6.07) is 33.3. The molecule has 1 aliphatic rings. The molecule has 0 saturated carbocycles. The van der Waals surface area contributed by atoms with Gasteiger partial charge in [0, 0.05) is 30.1 Å². The van der Waals surface area contributed by atoms with Crippen LogP contribution < -0.4 is 10.5 Å². The molecule has 9 nitrogen and oxygen atoms in total. The Morgan fingerprint density at radius 3 is 2.38 bits per heavy atom. The second kappa shape index (κ2) is 10.9. The Morgan fingerprint density at radius 2 is 1.62 bits per heavy atom. The predicted molar refractivity (Wildman–Crippen MR) is 176 cm³/mol. The van der Waals surface area contributed by atoms with E-state index in [2.05, 4.69) is 30.0 Å². The number of hydrogen-bond donors (Lipinski definition) is 0. The van der Waals surface area contributed by atoms with Crippen molar-refractivity contribution in [3.8, 4) is 5.69 Å². The van der Waals surface area contributed by atoms with Gasteiger partial charge in [0.05, 0.1) is 22.5 Å². The minimum absolute atomic E-state index is 0.223. The van der Waals surface area contributed by atoms with Gasteiger partial charge in [-0.15, -0.1) is 5.10 Å². The molecular weight excluding hydrogens is 584 g/mol. The molecule has 220 valence electrons. The second-order valence-corrected chi connectivity index (χ2v) is 11.5. The number of benzene rings is 3. The van der Waals surface area contributed by atoms with Crippen LogP contribution in [-0.4, -0.2) is 41.0 Å². The molecule has 0 spiro atoms. The van der Waals surface area contributed by atoms with Crippen LogP contribution in [0, 0.1) is 6.92 Å². The highest BCUT2D eigenvalue weighted by Gasteiger charge is 2.37. The zero-order chi connectivity index (χ0) is 30.5. The van der Waals surface area contributed by atoms with Crippen molar-refractivity contribution in [2.24, 2.45) is 4.99 Å². The first-order valence-electron chi connectivity index (χ1n) is 14.7. The molecule has 8 rings (SSSR count). The quantitative estimate of drug-likeness (QED) is 0.198. The van der Waals surface area contributed by atoms with Gasteiger partial charge in [-0.2, -0.15) is 10.1 Å². The van der Waals surface area contributed by atoms with Crippen LogP contribution in [0.25, 0.3) is 16.7 Å². The molecule has 4 aromatic heterocycles. The Bertz CT molecular complexity index is 2290. The number of hydrogen-bond acceptors (Lipinski definition) is 6. The van der Waals surface area contributed by atoms with Crippen LogP contribution in [-0.2, 0) is 0 Å². The minimum Gasteiger partial charge on any atom is -0.344 e. The van der Waals surface area contributed by atoms with Gasteiger partial charge in [-0.3, -0.25) is 9.36 Å². The van der Waals surface area contributed by atoms with E-state index in [1.807, 2.05) is 89.6 Å². The highest BCUT2D eigenvalue weighted by atomic mass is 35.5. The molecule has 0 amide bonds. The van der Waals surface area contributed by atoms with Gasteiger partial charge in [0.25, 0.3) is 11.5 Å². The third-order valence-corrected chi connectivity index (χ3v) is 8.48. The number of aliphatic imine (C=N–C) groups is 1. The van der Waals surface area contributed by atoms with E-state index in [4.69, 9.17) is 31.8 Å². The number of halogens is 1. The zero-order valence-corrected chi connectivity index (χ0v) is 25.1. The molecule has 45 heavy (non-hydrogen) atoms. The third kappa shape index (κ3) is 4.69. The summed E-state index contributed by atoms with van der Waals surface area (Å²) in [6.07, 6.45) is 4.41. The fourth-order valence-corrected chi connectivity index (χ4v) is 6.17. The maximum Gasteiger partial charge on any atom is 0.284 e. The summed E-state index contributed by atoms with van der Waals surface area (Å²) in [5.41, 5.74) is 5.56. The molecule has 10 heteroatoms. The number of rotatable bonds is 6. The summed E-state index contributed by atoms with van der Waals surface area (Å²) in [7, 11) is 0. The van der Waals surface area contributed by atoms with E-state index in [0.29, 0.717) is 22.3 Å². The molecular formula is C35H27ClN8O. The van der Waals surface area contributed by atoms with Crippen molar-refractivity contribution in [3.05, 3.63) is 153 Å². The molecule has 0 aliphatic carbocycles. The van der Waals surface area contributed by atoms with Crippen LogP contribution in [0.2, 0.25) is 5.02 Å². The Morgan fingerprint density at radius 1 is 0.844 bits per heavy atom. The van der Waals surface area contributed by atoms with Gasteiger partial charge >= 0.3 is 0 Å². The zero-order valence-electron chi connectivity index (χ0n) is 24.3. The van der Waals surface area contributed by atoms with Gasteiger partial charge in [0.1, 0.15) is 11.0 Å². The molecule has 5 heterocycles. The third-order valence-electron chi connectivity index (χ3n) is 8.18. The fraction of sp³-hybridized carbons (Fsp3) is 0.114. The van der Waals surface area contributed by atoms with E-state index < -0.39 is 0 Å². The van der Waals surface area contributed by atoms with Crippen LogP contribution in [0.15, 0.2) is 125 Å². The first kappa shape index (κ1) is 27.0. The first-order chi connectivity index (χ1) is 22.0. The lowest BCUT2D eigenvalue weighted by Crippen LogP contribution is -2.45. The Hall–Kier alpha value is -5.54. The van der Waals surface area contributed by atoms with Gasteiger partial charge in [0.15, 0.2) is 11.6 Å². The Balaban J connectivity index is 1.28. The molecule has 1 aliphatic heterocycles. The van der Waals surface area contributed by atoms with Crippen molar-refractivity contribution < 1.29 is 0 Å².